The van der Waals surface area contributed by atoms with Crippen LogP contribution in [0, 0.1) is 0 Å². The minimum atomic E-state index is 0.0323. The van der Waals surface area contributed by atoms with Crippen LogP contribution in [0.5, 0.6) is 0 Å². The SMILES string of the molecule is O=C1NCCCN2c3ccccc3CC12. The summed E-state index contributed by atoms with van der Waals surface area (Å²) in [5.74, 6) is 0.184. The first-order valence-electron chi connectivity index (χ1n) is 5.48. The van der Waals surface area contributed by atoms with Crippen LogP contribution in [0.15, 0.2) is 24.3 Å². The highest BCUT2D eigenvalue weighted by molar-refractivity contribution is 5.88. The zero-order valence-corrected chi connectivity index (χ0v) is 8.57. The monoisotopic (exact) mass is 202 g/mol. The number of nitrogens with zero attached hydrogens (tertiary/aromatic N) is 1. The molecule has 2 aliphatic rings. The maximum absolute atomic E-state index is 11.8. The summed E-state index contributed by atoms with van der Waals surface area (Å²) in [5.41, 5.74) is 2.55. The molecule has 1 amide bonds. The average molecular weight is 202 g/mol. The van der Waals surface area contributed by atoms with Gasteiger partial charge in [0.05, 0.1) is 0 Å². The first-order valence-corrected chi connectivity index (χ1v) is 5.48. The van der Waals surface area contributed by atoms with E-state index in [0.29, 0.717) is 0 Å². The molecule has 0 saturated carbocycles. The van der Waals surface area contributed by atoms with E-state index in [1.165, 1.54) is 11.3 Å². The van der Waals surface area contributed by atoms with Gasteiger partial charge in [-0.15, -0.1) is 0 Å². The minimum Gasteiger partial charge on any atom is -0.359 e. The van der Waals surface area contributed by atoms with Crippen LogP contribution in [-0.2, 0) is 11.2 Å². The van der Waals surface area contributed by atoms with Crippen molar-refractivity contribution in [3.05, 3.63) is 29.8 Å². The standard InChI is InChI=1S/C12H14N2O/c15-12-11-8-9-4-1-2-5-10(9)14(11)7-3-6-13-12/h1-2,4-5,11H,3,6-8H2,(H,13,15). The van der Waals surface area contributed by atoms with Crippen molar-refractivity contribution in [2.75, 3.05) is 18.0 Å². The fourth-order valence-corrected chi connectivity index (χ4v) is 2.54. The summed E-state index contributed by atoms with van der Waals surface area (Å²) in [7, 11) is 0. The zero-order valence-electron chi connectivity index (χ0n) is 8.57. The van der Waals surface area contributed by atoms with E-state index in [2.05, 4.69) is 22.3 Å². The predicted molar refractivity (Wildman–Crippen MR) is 58.9 cm³/mol. The Labute approximate surface area is 89.1 Å². The molecule has 0 spiro atoms. The van der Waals surface area contributed by atoms with E-state index >= 15 is 0 Å². The van der Waals surface area contributed by atoms with Gasteiger partial charge in [0.2, 0.25) is 5.91 Å². The van der Waals surface area contributed by atoms with Crippen molar-refractivity contribution in [3.8, 4) is 0 Å². The molecule has 2 heterocycles. The Kier molecular flexibility index (Phi) is 1.91. The average Bonchev–Trinajstić information content (AvgIpc) is 2.54. The van der Waals surface area contributed by atoms with E-state index in [1.807, 2.05) is 12.1 Å². The fourth-order valence-electron chi connectivity index (χ4n) is 2.54. The highest BCUT2D eigenvalue weighted by Crippen LogP contribution is 2.32. The molecule has 1 unspecified atom stereocenters. The molecular weight excluding hydrogens is 188 g/mol. The van der Waals surface area contributed by atoms with E-state index in [1.54, 1.807) is 0 Å². The second-order valence-electron chi connectivity index (χ2n) is 4.19. The number of benzene rings is 1. The summed E-state index contributed by atoms with van der Waals surface area (Å²) < 4.78 is 0. The molecule has 3 heteroatoms. The lowest BCUT2D eigenvalue weighted by Crippen LogP contribution is -2.42. The lowest BCUT2D eigenvalue weighted by atomic mass is 10.1. The van der Waals surface area contributed by atoms with Crippen LogP contribution in [0.4, 0.5) is 5.69 Å². The molecule has 1 saturated heterocycles. The van der Waals surface area contributed by atoms with Crippen LogP contribution in [0.1, 0.15) is 12.0 Å². The quantitative estimate of drug-likeness (QED) is 0.679. The van der Waals surface area contributed by atoms with Crippen molar-refractivity contribution in [2.45, 2.75) is 18.9 Å². The molecule has 2 aliphatic heterocycles. The molecule has 1 aromatic rings. The molecular formula is C12H14N2O. The fraction of sp³-hybridized carbons (Fsp3) is 0.417. The van der Waals surface area contributed by atoms with E-state index < -0.39 is 0 Å². The number of anilines is 1. The topological polar surface area (TPSA) is 32.3 Å². The number of amides is 1. The van der Waals surface area contributed by atoms with Gasteiger partial charge in [-0.1, -0.05) is 18.2 Å². The Morgan fingerprint density at radius 2 is 2.20 bits per heavy atom. The summed E-state index contributed by atoms with van der Waals surface area (Å²) in [5, 5.41) is 2.97. The van der Waals surface area contributed by atoms with E-state index in [-0.39, 0.29) is 11.9 Å². The molecule has 15 heavy (non-hydrogen) atoms. The Hall–Kier alpha value is -1.51. The van der Waals surface area contributed by atoms with E-state index in [4.69, 9.17) is 0 Å². The van der Waals surface area contributed by atoms with Crippen LogP contribution in [0.3, 0.4) is 0 Å². The van der Waals surface area contributed by atoms with Gasteiger partial charge in [-0.25, -0.2) is 0 Å². The second-order valence-corrected chi connectivity index (χ2v) is 4.19. The van der Waals surface area contributed by atoms with Crippen LogP contribution < -0.4 is 10.2 Å². The van der Waals surface area contributed by atoms with Crippen molar-refractivity contribution in [2.24, 2.45) is 0 Å². The number of para-hydroxylation sites is 1. The molecule has 1 fully saturated rings. The normalized spacial score (nSPS) is 24.1. The van der Waals surface area contributed by atoms with Crippen molar-refractivity contribution >= 4 is 11.6 Å². The molecule has 0 aromatic heterocycles. The zero-order chi connectivity index (χ0) is 10.3. The third-order valence-electron chi connectivity index (χ3n) is 3.27. The molecule has 0 bridgehead atoms. The number of carbonyl (C=O) groups excluding carboxylic acids is 1. The number of hydrogen-bond donors (Lipinski definition) is 1. The lowest BCUT2D eigenvalue weighted by molar-refractivity contribution is -0.121. The summed E-state index contributed by atoms with van der Waals surface area (Å²) in [6, 6.07) is 8.36. The highest BCUT2D eigenvalue weighted by Gasteiger charge is 2.34. The van der Waals surface area contributed by atoms with Gasteiger partial charge in [-0.2, -0.15) is 0 Å². The van der Waals surface area contributed by atoms with Gasteiger partial charge in [0.25, 0.3) is 0 Å². The number of hydrogen-bond acceptors (Lipinski definition) is 2. The maximum atomic E-state index is 11.8. The van der Waals surface area contributed by atoms with Crippen molar-refractivity contribution < 1.29 is 4.79 Å². The molecule has 3 nitrogen and oxygen atoms in total. The first-order chi connectivity index (χ1) is 7.36. The summed E-state index contributed by atoms with van der Waals surface area (Å²) in [4.78, 5) is 14.1. The first kappa shape index (κ1) is 8.77. The number of carbonyl (C=O) groups is 1. The van der Waals surface area contributed by atoms with Gasteiger partial charge in [0, 0.05) is 25.2 Å². The number of fused-ring (bicyclic) bond motifs is 3. The van der Waals surface area contributed by atoms with Crippen LogP contribution >= 0.6 is 0 Å². The summed E-state index contributed by atoms with van der Waals surface area (Å²) in [6.07, 6.45) is 1.90. The second kappa shape index (κ2) is 3.26. The van der Waals surface area contributed by atoms with Crippen molar-refractivity contribution in [1.82, 2.24) is 5.32 Å². The third-order valence-corrected chi connectivity index (χ3v) is 3.27. The van der Waals surface area contributed by atoms with Gasteiger partial charge in [-0.3, -0.25) is 4.79 Å². The van der Waals surface area contributed by atoms with Crippen LogP contribution in [0.25, 0.3) is 0 Å². The Bertz CT molecular complexity index is 402. The minimum absolute atomic E-state index is 0.0323. The van der Waals surface area contributed by atoms with Gasteiger partial charge >= 0.3 is 0 Å². The largest absolute Gasteiger partial charge is 0.359 e. The van der Waals surface area contributed by atoms with Crippen molar-refractivity contribution in [3.63, 3.8) is 0 Å². The molecule has 1 atom stereocenters. The van der Waals surface area contributed by atoms with Crippen molar-refractivity contribution in [1.29, 1.82) is 0 Å². The summed E-state index contributed by atoms with van der Waals surface area (Å²) in [6.45, 7) is 1.80. The Morgan fingerprint density at radius 3 is 3.13 bits per heavy atom. The molecule has 78 valence electrons. The highest BCUT2D eigenvalue weighted by atomic mass is 16.2. The van der Waals surface area contributed by atoms with Crippen LogP contribution in [-0.4, -0.2) is 25.0 Å². The van der Waals surface area contributed by atoms with Gasteiger partial charge in [-0.05, 0) is 18.1 Å². The van der Waals surface area contributed by atoms with Gasteiger partial charge < -0.3 is 10.2 Å². The lowest BCUT2D eigenvalue weighted by Gasteiger charge is -2.23. The maximum Gasteiger partial charge on any atom is 0.243 e. The number of rotatable bonds is 0. The smallest absolute Gasteiger partial charge is 0.243 e. The Morgan fingerprint density at radius 1 is 1.33 bits per heavy atom. The van der Waals surface area contributed by atoms with E-state index in [9.17, 15) is 4.79 Å². The third kappa shape index (κ3) is 1.30. The number of nitrogens with one attached hydrogen (secondary N) is 1. The predicted octanol–water partition coefficient (Wildman–Crippen LogP) is 0.938. The summed E-state index contributed by atoms with van der Waals surface area (Å²) >= 11 is 0. The van der Waals surface area contributed by atoms with Gasteiger partial charge in [0.15, 0.2) is 0 Å². The molecule has 3 rings (SSSR count). The van der Waals surface area contributed by atoms with E-state index in [0.717, 1.165) is 25.9 Å². The van der Waals surface area contributed by atoms with Gasteiger partial charge in [0.1, 0.15) is 6.04 Å². The van der Waals surface area contributed by atoms with Crippen LogP contribution in [0.2, 0.25) is 0 Å². The molecule has 1 aromatic carbocycles. The Balaban J connectivity index is 2.01. The molecule has 0 aliphatic carbocycles. The molecule has 0 radical (unpaired) electrons. The molecule has 1 N–H and O–H groups in total.